The third-order valence-electron chi connectivity index (χ3n) is 5.97. The summed E-state index contributed by atoms with van der Waals surface area (Å²) >= 11 is 0. The fourth-order valence-corrected chi connectivity index (χ4v) is 4.29. The first-order valence-corrected chi connectivity index (χ1v) is 10.2. The number of nitrogens with zero attached hydrogens (tertiary/aromatic N) is 3. The summed E-state index contributed by atoms with van der Waals surface area (Å²) in [5.41, 5.74) is -0.189. The minimum absolute atomic E-state index is 0.0267. The third kappa shape index (κ3) is 3.81. The SMILES string of the molecule is O=C1NC2(CCC(=O)N(CC(=O)N3CCCCCC3)CC2)Nc2ncccc21. The van der Waals surface area contributed by atoms with Gasteiger partial charge in [-0.3, -0.25) is 14.4 Å². The third-order valence-corrected chi connectivity index (χ3v) is 5.97. The van der Waals surface area contributed by atoms with Crippen molar-refractivity contribution in [2.24, 2.45) is 0 Å². The molecular weight excluding hydrogens is 358 g/mol. The van der Waals surface area contributed by atoms with Gasteiger partial charge in [0.1, 0.15) is 11.5 Å². The molecule has 1 atom stereocenters. The van der Waals surface area contributed by atoms with Crippen LogP contribution >= 0.6 is 0 Å². The number of hydrogen-bond acceptors (Lipinski definition) is 5. The van der Waals surface area contributed by atoms with E-state index in [0.29, 0.717) is 30.8 Å². The van der Waals surface area contributed by atoms with Crippen LogP contribution in [0.4, 0.5) is 5.82 Å². The van der Waals surface area contributed by atoms with Crippen LogP contribution in [-0.4, -0.2) is 64.3 Å². The normalized spacial score (nSPS) is 25.4. The van der Waals surface area contributed by atoms with E-state index in [1.165, 1.54) is 0 Å². The minimum atomic E-state index is -0.700. The highest BCUT2D eigenvalue weighted by Crippen LogP contribution is 2.30. The van der Waals surface area contributed by atoms with Crippen molar-refractivity contribution in [1.82, 2.24) is 20.1 Å². The number of anilines is 1. The highest BCUT2D eigenvalue weighted by atomic mass is 16.2. The second kappa shape index (κ2) is 7.77. The average molecular weight is 385 g/mol. The quantitative estimate of drug-likeness (QED) is 0.801. The molecule has 4 heterocycles. The number of amides is 3. The first-order valence-electron chi connectivity index (χ1n) is 10.2. The van der Waals surface area contributed by atoms with E-state index in [0.717, 1.165) is 38.8 Å². The maximum Gasteiger partial charge on any atom is 0.256 e. The van der Waals surface area contributed by atoms with E-state index in [4.69, 9.17) is 0 Å². The lowest BCUT2D eigenvalue weighted by atomic mass is 9.97. The maximum atomic E-state index is 12.7. The highest BCUT2D eigenvalue weighted by Gasteiger charge is 2.41. The van der Waals surface area contributed by atoms with Gasteiger partial charge in [-0.15, -0.1) is 0 Å². The molecule has 3 aliphatic heterocycles. The van der Waals surface area contributed by atoms with Gasteiger partial charge in [0, 0.05) is 38.7 Å². The molecule has 1 aromatic rings. The molecule has 0 radical (unpaired) electrons. The minimum Gasteiger partial charge on any atom is -0.347 e. The van der Waals surface area contributed by atoms with Gasteiger partial charge in [-0.25, -0.2) is 4.98 Å². The lowest BCUT2D eigenvalue weighted by molar-refractivity contribution is -0.140. The molecule has 4 rings (SSSR count). The molecule has 3 amide bonds. The number of hydrogen-bond donors (Lipinski definition) is 2. The van der Waals surface area contributed by atoms with E-state index < -0.39 is 5.66 Å². The Morgan fingerprint density at radius 1 is 1.07 bits per heavy atom. The Morgan fingerprint density at radius 2 is 1.86 bits per heavy atom. The Labute approximate surface area is 164 Å². The fourth-order valence-electron chi connectivity index (χ4n) is 4.29. The largest absolute Gasteiger partial charge is 0.347 e. The van der Waals surface area contributed by atoms with Crippen molar-refractivity contribution in [3.63, 3.8) is 0 Å². The van der Waals surface area contributed by atoms with E-state index in [-0.39, 0.29) is 30.7 Å². The summed E-state index contributed by atoms with van der Waals surface area (Å²) in [5, 5.41) is 6.36. The van der Waals surface area contributed by atoms with Crippen LogP contribution in [0.2, 0.25) is 0 Å². The Morgan fingerprint density at radius 3 is 2.64 bits per heavy atom. The molecule has 150 valence electrons. The summed E-state index contributed by atoms with van der Waals surface area (Å²) in [6, 6.07) is 3.45. The van der Waals surface area contributed by atoms with Crippen molar-refractivity contribution in [2.75, 3.05) is 31.5 Å². The standard InChI is InChI=1S/C20H27N5O3/c26-16-7-8-20(22-18-15(19(28)23-20)6-5-10-21-18)9-13-25(16)14-17(27)24-11-3-1-2-4-12-24/h5-6,10H,1-4,7-9,11-14H2,(H,21,22)(H,23,28). The summed E-state index contributed by atoms with van der Waals surface area (Å²) in [6.45, 7) is 2.11. The second-order valence-corrected chi connectivity index (χ2v) is 7.92. The van der Waals surface area contributed by atoms with Gasteiger partial charge >= 0.3 is 0 Å². The molecular formula is C20H27N5O3. The fraction of sp³-hybridized carbons (Fsp3) is 0.600. The molecule has 1 aromatic heterocycles. The lowest BCUT2D eigenvalue weighted by Gasteiger charge is -2.39. The van der Waals surface area contributed by atoms with Crippen LogP contribution in [0, 0.1) is 0 Å². The zero-order chi connectivity index (χ0) is 19.6. The molecule has 28 heavy (non-hydrogen) atoms. The topological polar surface area (TPSA) is 94.6 Å². The highest BCUT2D eigenvalue weighted by molar-refractivity contribution is 6.01. The first-order chi connectivity index (χ1) is 13.6. The molecule has 0 aliphatic carbocycles. The molecule has 2 N–H and O–H groups in total. The molecule has 1 spiro atoms. The first kappa shape index (κ1) is 18.7. The van der Waals surface area contributed by atoms with Gasteiger partial charge in [0.25, 0.3) is 5.91 Å². The van der Waals surface area contributed by atoms with Crippen molar-refractivity contribution < 1.29 is 14.4 Å². The second-order valence-electron chi connectivity index (χ2n) is 7.92. The van der Waals surface area contributed by atoms with Gasteiger partial charge < -0.3 is 20.4 Å². The van der Waals surface area contributed by atoms with Crippen LogP contribution in [-0.2, 0) is 9.59 Å². The van der Waals surface area contributed by atoms with Crippen LogP contribution in [0.25, 0.3) is 0 Å². The molecule has 0 saturated carbocycles. The molecule has 0 bridgehead atoms. The smallest absolute Gasteiger partial charge is 0.256 e. The van der Waals surface area contributed by atoms with Crippen LogP contribution in [0.15, 0.2) is 18.3 Å². The van der Waals surface area contributed by atoms with E-state index in [1.807, 2.05) is 4.90 Å². The molecule has 3 aliphatic rings. The number of fused-ring (bicyclic) bond motifs is 1. The molecule has 0 aromatic carbocycles. The summed E-state index contributed by atoms with van der Waals surface area (Å²) in [6.07, 6.45) is 7.33. The predicted molar refractivity (Wildman–Crippen MR) is 104 cm³/mol. The van der Waals surface area contributed by atoms with Crippen molar-refractivity contribution in [3.05, 3.63) is 23.9 Å². The monoisotopic (exact) mass is 385 g/mol. The van der Waals surface area contributed by atoms with Crippen molar-refractivity contribution in [1.29, 1.82) is 0 Å². The van der Waals surface area contributed by atoms with E-state index in [1.54, 1.807) is 23.2 Å². The van der Waals surface area contributed by atoms with Crippen LogP contribution in [0.5, 0.6) is 0 Å². The molecule has 2 fully saturated rings. The van der Waals surface area contributed by atoms with Gasteiger partial charge in [0.05, 0.1) is 12.1 Å². The van der Waals surface area contributed by atoms with Crippen molar-refractivity contribution >= 4 is 23.5 Å². The number of pyridine rings is 1. The summed E-state index contributed by atoms with van der Waals surface area (Å²) < 4.78 is 0. The number of nitrogens with one attached hydrogen (secondary N) is 2. The van der Waals surface area contributed by atoms with Gasteiger partial charge in [0.15, 0.2) is 0 Å². The molecule has 1 unspecified atom stereocenters. The molecule has 8 heteroatoms. The van der Waals surface area contributed by atoms with Gasteiger partial charge in [0.2, 0.25) is 11.8 Å². The zero-order valence-electron chi connectivity index (χ0n) is 16.1. The maximum absolute atomic E-state index is 12.7. The van der Waals surface area contributed by atoms with E-state index >= 15 is 0 Å². The van der Waals surface area contributed by atoms with E-state index in [9.17, 15) is 14.4 Å². The molecule has 8 nitrogen and oxygen atoms in total. The Bertz CT molecular complexity index is 775. The van der Waals surface area contributed by atoms with Crippen LogP contribution < -0.4 is 10.6 Å². The average Bonchev–Trinajstić information content (AvgIpc) is 3.05. The van der Waals surface area contributed by atoms with E-state index in [2.05, 4.69) is 15.6 Å². The number of aromatic nitrogens is 1. The number of likely N-dealkylation sites (tertiary alicyclic amines) is 2. The number of carbonyl (C=O) groups is 3. The zero-order valence-corrected chi connectivity index (χ0v) is 16.1. The number of rotatable bonds is 2. The Kier molecular flexibility index (Phi) is 5.19. The number of carbonyl (C=O) groups excluding carboxylic acids is 3. The van der Waals surface area contributed by atoms with Crippen LogP contribution in [0.1, 0.15) is 55.3 Å². The van der Waals surface area contributed by atoms with Gasteiger partial charge in [-0.05, 0) is 31.4 Å². The Balaban J connectivity index is 1.43. The lowest BCUT2D eigenvalue weighted by Crippen LogP contribution is -2.58. The summed E-state index contributed by atoms with van der Waals surface area (Å²) in [5.74, 6) is 0.359. The van der Waals surface area contributed by atoms with Crippen molar-refractivity contribution in [2.45, 2.75) is 50.6 Å². The Hall–Kier alpha value is -2.64. The molecule has 2 saturated heterocycles. The van der Waals surface area contributed by atoms with Crippen molar-refractivity contribution in [3.8, 4) is 0 Å². The van der Waals surface area contributed by atoms with Gasteiger partial charge in [-0.1, -0.05) is 12.8 Å². The summed E-state index contributed by atoms with van der Waals surface area (Å²) in [4.78, 5) is 45.7. The predicted octanol–water partition coefficient (Wildman–Crippen LogP) is 1.35. The van der Waals surface area contributed by atoms with Crippen LogP contribution in [0.3, 0.4) is 0 Å². The summed E-state index contributed by atoms with van der Waals surface area (Å²) in [7, 11) is 0. The van der Waals surface area contributed by atoms with Gasteiger partial charge in [-0.2, -0.15) is 0 Å².